The molecule has 1 aromatic heterocycles. The lowest BCUT2D eigenvalue weighted by molar-refractivity contribution is -0.284. The van der Waals surface area contributed by atoms with Gasteiger partial charge in [0.2, 0.25) is 0 Å². The maximum absolute atomic E-state index is 12.6. The summed E-state index contributed by atoms with van der Waals surface area (Å²) < 4.78 is 80.1. The third-order valence-corrected chi connectivity index (χ3v) is 3.27. The van der Waals surface area contributed by atoms with Crippen molar-refractivity contribution in [1.29, 1.82) is 0 Å². The second-order valence-electron chi connectivity index (χ2n) is 4.23. The molecule has 0 aliphatic carbocycles. The Hall–Kier alpha value is -1.64. The summed E-state index contributed by atoms with van der Waals surface area (Å²) in [6.07, 6.45) is -11.1. The number of rotatable bonds is 2. The third kappa shape index (κ3) is 3.17. The lowest BCUT2D eigenvalue weighted by atomic mass is 9.97. The Kier molecular flexibility index (Phi) is 3.73. The van der Waals surface area contributed by atoms with E-state index in [0.717, 1.165) is 18.2 Å². The lowest BCUT2D eigenvalue weighted by Gasteiger charge is -2.27. The van der Waals surface area contributed by atoms with Gasteiger partial charge >= 0.3 is 18.1 Å². The second-order valence-corrected chi connectivity index (χ2v) is 4.70. The van der Waals surface area contributed by atoms with Crippen LogP contribution in [-0.4, -0.2) is 17.3 Å². The van der Waals surface area contributed by atoms with Gasteiger partial charge in [-0.2, -0.15) is 26.3 Å². The quantitative estimate of drug-likeness (QED) is 0.663. The summed E-state index contributed by atoms with van der Waals surface area (Å²) in [4.78, 5) is 13.1. The zero-order valence-electron chi connectivity index (χ0n) is 9.85. The molecule has 3 nitrogen and oxygen atoms in total. The fourth-order valence-electron chi connectivity index (χ4n) is 1.84. The molecule has 21 heavy (non-hydrogen) atoms. The minimum absolute atomic E-state index is 0.142. The van der Waals surface area contributed by atoms with Crippen LogP contribution in [0.3, 0.4) is 0 Å². The first kappa shape index (κ1) is 15.7. The fourth-order valence-corrected chi connectivity index (χ4v) is 2.26. The molecule has 1 N–H and O–H groups in total. The van der Waals surface area contributed by atoms with Crippen LogP contribution in [0.4, 0.5) is 26.3 Å². The standard InChI is InChI=1S/C11H6ClF6NO2/c12-7(8(10(13,14)15)11(16,17)18)4-1-2-5-6(3-4)21-9(20)19-5/h1-3,7-8H,(H,19,20). The zero-order chi connectivity index (χ0) is 16.0. The van der Waals surface area contributed by atoms with Crippen molar-refractivity contribution in [3.05, 3.63) is 34.3 Å². The average Bonchev–Trinajstić information content (AvgIpc) is 2.63. The monoisotopic (exact) mass is 333 g/mol. The summed E-state index contributed by atoms with van der Waals surface area (Å²) in [5.74, 6) is -4.61. The van der Waals surface area contributed by atoms with Crippen LogP contribution in [0.1, 0.15) is 10.9 Å². The number of hydrogen-bond acceptors (Lipinski definition) is 2. The number of H-pyrrole nitrogens is 1. The predicted molar refractivity (Wildman–Crippen MR) is 61.0 cm³/mol. The Morgan fingerprint density at radius 2 is 1.67 bits per heavy atom. The highest BCUT2D eigenvalue weighted by atomic mass is 35.5. The topological polar surface area (TPSA) is 46.0 Å². The number of nitrogens with one attached hydrogen (secondary N) is 1. The van der Waals surface area contributed by atoms with E-state index in [-0.39, 0.29) is 11.1 Å². The fraction of sp³-hybridized carbons (Fsp3) is 0.364. The number of oxazole rings is 1. The number of aromatic nitrogens is 1. The van der Waals surface area contributed by atoms with Crippen LogP contribution >= 0.6 is 11.6 Å². The first-order chi connectivity index (χ1) is 9.50. The number of benzene rings is 1. The summed E-state index contributed by atoms with van der Waals surface area (Å²) in [7, 11) is 0. The molecule has 0 saturated heterocycles. The smallest absolute Gasteiger partial charge is 0.408 e. The molecule has 10 heteroatoms. The van der Waals surface area contributed by atoms with Gasteiger partial charge in [-0.1, -0.05) is 6.07 Å². The molecular formula is C11H6ClF6NO2. The molecule has 0 fully saturated rings. The first-order valence-electron chi connectivity index (χ1n) is 5.40. The minimum Gasteiger partial charge on any atom is -0.408 e. The Morgan fingerprint density at radius 3 is 2.19 bits per heavy atom. The summed E-state index contributed by atoms with van der Waals surface area (Å²) in [5.41, 5.74) is -0.485. The van der Waals surface area contributed by atoms with E-state index < -0.39 is 35.0 Å². The van der Waals surface area contributed by atoms with Crippen LogP contribution in [0, 0.1) is 5.92 Å². The number of halogens is 7. The van der Waals surface area contributed by atoms with Gasteiger partial charge in [0.15, 0.2) is 11.5 Å². The van der Waals surface area contributed by atoms with Crippen molar-refractivity contribution in [2.24, 2.45) is 5.92 Å². The van der Waals surface area contributed by atoms with Gasteiger partial charge in [0, 0.05) is 0 Å². The van der Waals surface area contributed by atoms with Crippen molar-refractivity contribution in [2.45, 2.75) is 17.7 Å². The van der Waals surface area contributed by atoms with Gasteiger partial charge in [-0.05, 0) is 17.7 Å². The maximum Gasteiger partial charge on any atom is 0.417 e. The molecule has 0 bridgehead atoms. The summed E-state index contributed by atoms with van der Waals surface area (Å²) in [6.45, 7) is 0. The number of fused-ring (bicyclic) bond motifs is 1. The zero-order valence-corrected chi connectivity index (χ0v) is 10.6. The van der Waals surface area contributed by atoms with Crippen molar-refractivity contribution in [2.75, 3.05) is 0 Å². The number of hydrogen-bond donors (Lipinski definition) is 1. The Bertz CT molecular complexity index is 687. The first-order valence-corrected chi connectivity index (χ1v) is 5.84. The highest BCUT2D eigenvalue weighted by Crippen LogP contribution is 2.49. The molecule has 0 aliphatic rings. The molecule has 2 rings (SSSR count). The van der Waals surface area contributed by atoms with E-state index in [4.69, 9.17) is 11.6 Å². The van der Waals surface area contributed by atoms with E-state index in [1.54, 1.807) is 0 Å². The van der Waals surface area contributed by atoms with E-state index in [0.29, 0.717) is 0 Å². The van der Waals surface area contributed by atoms with Crippen molar-refractivity contribution < 1.29 is 30.8 Å². The molecule has 1 aromatic carbocycles. The van der Waals surface area contributed by atoms with Crippen molar-refractivity contribution in [3.8, 4) is 0 Å². The van der Waals surface area contributed by atoms with Gasteiger partial charge in [-0.25, -0.2) is 4.79 Å². The van der Waals surface area contributed by atoms with Gasteiger partial charge in [0.25, 0.3) is 0 Å². The molecular weight excluding hydrogens is 328 g/mol. The van der Waals surface area contributed by atoms with Gasteiger partial charge in [-0.3, -0.25) is 4.98 Å². The number of alkyl halides is 7. The Balaban J connectivity index is 2.47. The summed E-state index contributed by atoms with van der Waals surface area (Å²) >= 11 is 5.38. The molecule has 0 radical (unpaired) electrons. The molecule has 1 heterocycles. The van der Waals surface area contributed by atoms with E-state index >= 15 is 0 Å². The highest BCUT2D eigenvalue weighted by molar-refractivity contribution is 6.21. The minimum atomic E-state index is -5.56. The van der Waals surface area contributed by atoms with E-state index in [9.17, 15) is 31.1 Å². The van der Waals surface area contributed by atoms with Crippen molar-refractivity contribution in [1.82, 2.24) is 4.98 Å². The molecule has 0 amide bonds. The molecule has 0 aliphatic heterocycles. The third-order valence-electron chi connectivity index (χ3n) is 2.76. The van der Waals surface area contributed by atoms with Crippen molar-refractivity contribution >= 4 is 22.7 Å². The van der Waals surface area contributed by atoms with Crippen LogP contribution in [0.5, 0.6) is 0 Å². The van der Waals surface area contributed by atoms with E-state index in [1.165, 1.54) is 0 Å². The molecule has 1 unspecified atom stereocenters. The van der Waals surface area contributed by atoms with Crippen LogP contribution in [-0.2, 0) is 0 Å². The number of aromatic amines is 1. The largest absolute Gasteiger partial charge is 0.417 e. The second kappa shape index (κ2) is 4.97. The van der Waals surface area contributed by atoms with Gasteiger partial charge in [0.05, 0.1) is 10.9 Å². The Labute approximate surface area is 117 Å². The summed E-state index contributed by atoms with van der Waals surface area (Å²) in [6, 6.07) is 2.96. The normalized spacial score (nSPS) is 14.9. The molecule has 1 atom stereocenters. The predicted octanol–water partition coefficient (Wildman–Crippen LogP) is 4.14. The van der Waals surface area contributed by atoms with Gasteiger partial charge in [0.1, 0.15) is 0 Å². The molecule has 2 aromatic rings. The highest BCUT2D eigenvalue weighted by Gasteiger charge is 2.60. The maximum atomic E-state index is 12.6. The van der Waals surface area contributed by atoms with Crippen LogP contribution < -0.4 is 5.76 Å². The van der Waals surface area contributed by atoms with Crippen molar-refractivity contribution in [3.63, 3.8) is 0 Å². The Morgan fingerprint density at radius 1 is 1.10 bits per heavy atom. The SMILES string of the molecule is O=c1[nH]c2ccc(C(Cl)C(C(F)(F)F)C(F)(F)F)cc2o1. The van der Waals surface area contributed by atoms with Crippen LogP contribution in [0.15, 0.2) is 27.4 Å². The average molecular weight is 334 g/mol. The van der Waals surface area contributed by atoms with E-state index in [1.807, 2.05) is 0 Å². The molecule has 0 saturated carbocycles. The summed E-state index contributed by atoms with van der Waals surface area (Å²) in [5, 5.41) is -2.39. The molecule has 0 spiro atoms. The van der Waals surface area contributed by atoms with Gasteiger partial charge in [-0.15, -0.1) is 11.6 Å². The van der Waals surface area contributed by atoms with Crippen LogP contribution in [0.2, 0.25) is 0 Å². The van der Waals surface area contributed by atoms with E-state index in [2.05, 4.69) is 9.40 Å². The van der Waals surface area contributed by atoms with Gasteiger partial charge < -0.3 is 4.42 Å². The van der Waals surface area contributed by atoms with Crippen LogP contribution in [0.25, 0.3) is 11.1 Å². The molecule has 116 valence electrons. The lowest BCUT2D eigenvalue weighted by Crippen LogP contribution is -2.39.